The Morgan fingerprint density at radius 3 is 2.64 bits per heavy atom. The molecule has 0 fully saturated rings. The van der Waals surface area contributed by atoms with Crippen LogP contribution in [0.25, 0.3) is 10.8 Å². The molecular formula is C22H21ClN2O3. The lowest BCUT2D eigenvalue weighted by Gasteiger charge is -2.15. The minimum Gasteiger partial charge on any atom is -0.496 e. The van der Waals surface area contributed by atoms with Crippen molar-refractivity contribution < 1.29 is 14.3 Å². The van der Waals surface area contributed by atoms with Gasteiger partial charge >= 0.3 is 0 Å². The number of ether oxygens (including phenoxy) is 2. The zero-order valence-electron chi connectivity index (χ0n) is 15.9. The second kappa shape index (κ2) is 8.76. The second-order valence-electron chi connectivity index (χ2n) is 6.31. The highest BCUT2D eigenvalue weighted by Gasteiger charge is 2.15. The highest BCUT2D eigenvalue weighted by molar-refractivity contribution is 6.30. The second-order valence-corrected chi connectivity index (χ2v) is 6.74. The van der Waals surface area contributed by atoms with E-state index in [0.717, 1.165) is 21.9 Å². The number of halogens is 1. The lowest BCUT2D eigenvalue weighted by atomic mass is 10.0. The number of nitrogens with zero attached hydrogens (tertiary/aromatic N) is 1. The van der Waals surface area contributed by atoms with Gasteiger partial charge in [0.15, 0.2) is 6.10 Å². The smallest absolute Gasteiger partial charge is 0.280 e. The van der Waals surface area contributed by atoms with Gasteiger partial charge in [0.25, 0.3) is 5.91 Å². The normalized spacial score (nSPS) is 12.1. The molecule has 3 aromatic carbocycles. The van der Waals surface area contributed by atoms with Crippen LogP contribution in [0.3, 0.4) is 0 Å². The van der Waals surface area contributed by atoms with Gasteiger partial charge in [-0.2, -0.15) is 5.10 Å². The van der Waals surface area contributed by atoms with Gasteiger partial charge in [0, 0.05) is 10.6 Å². The molecular weight excluding hydrogens is 376 g/mol. The van der Waals surface area contributed by atoms with Crippen LogP contribution in [0.5, 0.6) is 11.5 Å². The molecule has 28 heavy (non-hydrogen) atoms. The predicted octanol–water partition coefficient (Wildman–Crippen LogP) is 4.73. The number of hydrogen-bond acceptors (Lipinski definition) is 4. The summed E-state index contributed by atoms with van der Waals surface area (Å²) in [6.07, 6.45) is 0.866. The van der Waals surface area contributed by atoms with Crippen molar-refractivity contribution in [3.8, 4) is 11.5 Å². The van der Waals surface area contributed by atoms with Crippen molar-refractivity contribution in [3.05, 3.63) is 70.7 Å². The van der Waals surface area contributed by atoms with E-state index < -0.39 is 6.10 Å². The molecule has 0 heterocycles. The number of nitrogens with one attached hydrogen (secondary N) is 1. The Hall–Kier alpha value is -3.05. The molecule has 1 amide bonds. The zero-order chi connectivity index (χ0) is 20.1. The van der Waals surface area contributed by atoms with Crippen molar-refractivity contribution >= 4 is 34.5 Å². The van der Waals surface area contributed by atoms with Gasteiger partial charge in [-0.1, -0.05) is 41.9 Å². The Morgan fingerprint density at radius 1 is 1.14 bits per heavy atom. The molecule has 0 spiro atoms. The number of carbonyl (C=O) groups excluding carboxylic acids is 1. The summed E-state index contributed by atoms with van der Waals surface area (Å²) < 4.78 is 11.1. The summed E-state index contributed by atoms with van der Waals surface area (Å²) >= 11 is 5.94. The third kappa shape index (κ3) is 4.43. The van der Waals surface area contributed by atoms with Crippen molar-refractivity contribution in [1.29, 1.82) is 0 Å². The van der Waals surface area contributed by atoms with Crippen LogP contribution in [0.15, 0.2) is 59.7 Å². The van der Waals surface area contributed by atoms with E-state index in [1.54, 1.807) is 38.4 Å². The maximum atomic E-state index is 12.3. The first-order valence-electron chi connectivity index (χ1n) is 8.81. The quantitative estimate of drug-likeness (QED) is 0.484. The SMILES string of the molecule is COc1ccc2ccccc2c1/C=N/NC(=O)[C@@H](C)Oc1ccc(Cl)cc1C. The van der Waals surface area contributed by atoms with Gasteiger partial charge < -0.3 is 9.47 Å². The largest absolute Gasteiger partial charge is 0.496 e. The first-order chi connectivity index (χ1) is 13.5. The summed E-state index contributed by atoms with van der Waals surface area (Å²) in [6.45, 7) is 3.54. The Kier molecular flexibility index (Phi) is 6.16. The van der Waals surface area contributed by atoms with E-state index in [4.69, 9.17) is 21.1 Å². The molecule has 3 aromatic rings. The first-order valence-corrected chi connectivity index (χ1v) is 9.19. The number of benzene rings is 3. The molecule has 0 aromatic heterocycles. The molecule has 0 aliphatic rings. The van der Waals surface area contributed by atoms with Crippen LogP contribution >= 0.6 is 11.6 Å². The third-order valence-electron chi connectivity index (χ3n) is 4.33. The molecule has 0 bridgehead atoms. The molecule has 5 nitrogen and oxygen atoms in total. The minimum absolute atomic E-state index is 0.357. The zero-order valence-corrected chi connectivity index (χ0v) is 16.7. The Balaban J connectivity index is 1.72. The van der Waals surface area contributed by atoms with E-state index in [0.29, 0.717) is 16.5 Å². The first kappa shape index (κ1) is 19.7. The Labute approximate surface area is 168 Å². The molecule has 0 aliphatic heterocycles. The summed E-state index contributed by atoms with van der Waals surface area (Å²) in [5.41, 5.74) is 4.17. The van der Waals surface area contributed by atoms with Crippen LogP contribution in [0, 0.1) is 6.92 Å². The van der Waals surface area contributed by atoms with E-state index in [2.05, 4.69) is 10.5 Å². The van der Waals surface area contributed by atoms with Gasteiger partial charge in [-0.05, 0) is 54.4 Å². The van der Waals surface area contributed by atoms with Crippen LogP contribution in [-0.2, 0) is 4.79 Å². The number of hydrogen-bond donors (Lipinski definition) is 1. The average Bonchev–Trinajstić information content (AvgIpc) is 2.69. The van der Waals surface area contributed by atoms with Gasteiger partial charge in [-0.3, -0.25) is 4.79 Å². The standard InChI is InChI=1S/C22H21ClN2O3/c1-14-12-17(23)9-11-20(14)28-15(2)22(26)25-24-13-19-18-7-5-4-6-16(18)8-10-21(19)27-3/h4-13,15H,1-3H3,(H,25,26)/b24-13+/t15-/m1/s1. The summed E-state index contributed by atoms with van der Waals surface area (Å²) in [7, 11) is 1.60. The van der Waals surface area contributed by atoms with Crippen LogP contribution < -0.4 is 14.9 Å². The molecule has 0 aliphatic carbocycles. The van der Waals surface area contributed by atoms with Crippen LogP contribution in [0.1, 0.15) is 18.1 Å². The molecule has 0 saturated carbocycles. The van der Waals surface area contributed by atoms with Gasteiger partial charge in [-0.15, -0.1) is 0 Å². The average molecular weight is 397 g/mol. The highest BCUT2D eigenvalue weighted by Crippen LogP contribution is 2.26. The summed E-state index contributed by atoms with van der Waals surface area (Å²) in [5, 5.41) is 6.76. The molecule has 6 heteroatoms. The molecule has 0 unspecified atom stereocenters. The van der Waals surface area contributed by atoms with E-state index in [1.807, 2.05) is 43.3 Å². The van der Waals surface area contributed by atoms with E-state index in [9.17, 15) is 4.79 Å². The fourth-order valence-electron chi connectivity index (χ4n) is 2.83. The topological polar surface area (TPSA) is 59.9 Å². The van der Waals surface area contributed by atoms with Crippen molar-refractivity contribution in [2.75, 3.05) is 7.11 Å². The van der Waals surface area contributed by atoms with Crippen LogP contribution in [-0.4, -0.2) is 25.3 Å². The molecule has 0 radical (unpaired) electrons. The molecule has 144 valence electrons. The van der Waals surface area contributed by atoms with Crippen LogP contribution in [0.4, 0.5) is 0 Å². The number of amides is 1. The Bertz CT molecular complexity index is 1030. The highest BCUT2D eigenvalue weighted by atomic mass is 35.5. The summed E-state index contributed by atoms with van der Waals surface area (Å²) in [5.74, 6) is 0.925. The summed E-state index contributed by atoms with van der Waals surface area (Å²) in [6, 6.07) is 17.0. The molecule has 3 rings (SSSR count). The molecule has 1 N–H and O–H groups in total. The maximum absolute atomic E-state index is 12.3. The van der Waals surface area contributed by atoms with E-state index in [1.165, 1.54) is 0 Å². The fraction of sp³-hybridized carbons (Fsp3) is 0.182. The van der Waals surface area contributed by atoms with Crippen molar-refractivity contribution in [1.82, 2.24) is 5.43 Å². The van der Waals surface area contributed by atoms with Gasteiger partial charge in [0.1, 0.15) is 11.5 Å². The number of hydrazone groups is 1. The van der Waals surface area contributed by atoms with E-state index in [-0.39, 0.29) is 5.91 Å². The maximum Gasteiger partial charge on any atom is 0.280 e. The van der Waals surface area contributed by atoms with Crippen molar-refractivity contribution in [3.63, 3.8) is 0 Å². The van der Waals surface area contributed by atoms with Crippen molar-refractivity contribution in [2.45, 2.75) is 20.0 Å². The number of methoxy groups -OCH3 is 1. The predicted molar refractivity (Wildman–Crippen MR) is 113 cm³/mol. The third-order valence-corrected chi connectivity index (χ3v) is 4.56. The Morgan fingerprint density at radius 2 is 1.89 bits per heavy atom. The van der Waals surface area contributed by atoms with Crippen LogP contribution in [0.2, 0.25) is 5.02 Å². The fourth-order valence-corrected chi connectivity index (χ4v) is 3.05. The number of rotatable bonds is 6. The molecule has 1 atom stereocenters. The van der Waals surface area contributed by atoms with Gasteiger partial charge in [0.2, 0.25) is 0 Å². The summed E-state index contributed by atoms with van der Waals surface area (Å²) in [4.78, 5) is 12.3. The van der Waals surface area contributed by atoms with E-state index >= 15 is 0 Å². The number of aryl methyl sites for hydroxylation is 1. The minimum atomic E-state index is -0.716. The van der Waals surface area contributed by atoms with Gasteiger partial charge in [0.05, 0.1) is 13.3 Å². The lowest BCUT2D eigenvalue weighted by Crippen LogP contribution is -2.33. The van der Waals surface area contributed by atoms with Crippen molar-refractivity contribution in [2.24, 2.45) is 5.10 Å². The monoisotopic (exact) mass is 396 g/mol. The number of fused-ring (bicyclic) bond motifs is 1. The molecule has 0 saturated heterocycles. The lowest BCUT2D eigenvalue weighted by molar-refractivity contribution is -0.127. The number of carbonyl (C=O) groups is 1. The van der Waals surface area contributed by atoms with Gasteiger partial charge in [-0.25, -0.2) is 5.43 Å².